The van der Waals surface area contributed by atoms with E-state index in [9.17, 15) is 32.4 Å². The summed E-state index contributed by atoms with van der Waals surface area (Å²) in [4.78, 5) is 74.2. The van der Waals surface area contributed by atoms with Crippen molar-refractivity contribution in [3.05, 3.63) is 30.1 Å². The number of nitrogens with zero attached hydrogens (tertiary/aromatic N) is 2. The average Bonchev–Trinajstić information content (AvgIpc) is 3.36. The minimum Gasteiger partial charge on any atom is -0.345 e. The number of Topliss-reactive ketones (excluding diaryl/α,β-unsaturated/α-hetero) is 1. The number of carbonyl (C=O) groups is 5. The molecule has 0 aromatic carbocycles. The van der Waals surface area contributed by atoms with Gasteiger partial charge in [-0.3, -0.25) is 24.2 Å². The summed E-state index contributed by atoms with van der Waals surface area (Å²) in [7, 11) is -3.57. The largest absolute Gasteiger partial charge is 0.345 e. The molecule has 2 saturated carbocycles. The molecule has 1 aromatic heterocycles. The molecule has 2 aliphatic carbocycles. The third kappa shape index (κ3) is 9.14. The van der Waals surface area contributed by atoms with Crippen molar-refractivity contribution in [1.29, 1.82) is 0 Å². The van der Waals surface area contributed by atoms with Crippen molar-refractivity contribution in [2.45, 2.75) is 142 Å². The average molecular weight is 745 g/mol. The van der Waals surface area contributed by atoms with Gasteiger partial charge in [-0.1, -0.05) is 73.3 Å². The Balaban J connectivity index is 1.52. The van der Waals surface area contributed by atoms with Crippen molar-refractivity contribution >= 4 is 39.4 Å². The number of hydrogen-bond acceptors (Lipinski definition) is 8. The fourth-order valence-electron chi connectivity index (χ4n) is 7.89. The molecule has 4 N–H and O–H groups in total. The monoisotopic (exact) mass is 744 g/mol. The van der Waals surface area contributed by atoms with Crippen LogP contribution in [0.3, 0.4) is 0 Å². The minimum atomic E-state index is -3.57. The van der Waals surface area contributed by atoms with E-state index in [0.717, 1.165) is 24.8 Å². The van der Waals surface area contributed by atoms with Crippen LogP contribution in [0.5, 0.6) is 0 Å². The van der Waals surface area contributed by atoms with E-state index in [1.807, 2.05) is 41.5 Å². The van der Waals surface area contributed by atoms with Crippen molar-refractivity contribution in [3.63, 3.8) is 0 Å². The first-order chi connectivity index (χ1) is 24.0. The van der Waals surface area contributed by atoms with Crippen molar-refractivity contribution < 1.29 is 32.4 Å². The number of urea groups is 1. The van der Waals surface area contributed by atoms with E-state index < -0.39 is 73.2 Å². The Morgan fingerprint density at radius 2 is 1.65 bits per heavy atom. The molecule has 13 nitrogen and oxygen atoms in total. The van der Waals surface area contributed by atoms with Crippen LogP contribution in [-0.4, -0.2) is 88.5 Å². The first kappa shape index (κ1) is 41.2. The summed E-state index contributed by atoms with van der Waals surface area (Å²) in [6.45, 7) is 16.8. The molecular weight excluding hydrogens is 685 g/mol. The van der Waals surface area contributed by atoms with Gasteiger partial charge in [0.1, 0.15) is 12.1 Å². The zero-order valence-electron chi connectivity index (χ0n) is 32.4. The Hall–Kier alpha value is -3.55. The molecule has 0 bridgehead atoms. The van der Waals surface area contributed by atoms with Crippen molar-refractivity contribution in [2.24, 2.45) is 22.7 Å². The molecule has 52 heavy (non-hydrogen) atoms. The molecule has 1 saturated heterocycles. The molecule has 4 rings (SSSR count). The lowest BCUT2D eigenvalue weighted by Gasteiger charge is -2.41. The second-order valence-electron chi connectivity index (χ2n) is 17.8. The van der Waals surface area contributed by atoms with E-state index in [1.54, 1.807) is 45.3 Å². The van der Waals surface area contributed by atoms with Gasteiger partial charge in [-0.25, -0.2) is 13.2 Å². The summed E-state index contributed by atoms with van der Waals surface area (Å²) >= 11 is 0. The molecule has 3 aliphatic rings. The third-order valence-electron chi connectivity index (χ3n) is 11.3. The summed E-state index contributed by atoms with van der Waals surface area (Å²) in [5.41, 5.74) is -1.24. The highest BCUT2D eigenvalue weighted by Crippen LogP contribution is 2.65. The number of aromatic nitrogens is 1. The molecule has 1 aromatic rings. The van der Waals surface area contributed by atoms with Crippen LogP contribution in [0, 0.1) is 22.7 Å². The second-order valence-corrected chi connectivity index (χ2v) is 20.5. The number of nitrogens with one attached hydrogen (secondary N) is 4. The van der Waals surface area contributed by atoms with Gasteiger partial charge in [0, 0.05) is 25.5 Å². The molecule has 0 spiro atoms. The topological polar surface area (TPSA) is 184 Å². The van der Waals surface area contributed by atoms with Crippen LogP contribution >= 0.6 is 0 Å². The molecule has 5 atom stereocenters. The van der Waals surface area contributed by atoms with E-state index in [-0.39, 0.29) is 36.0 Å². The Morgan fingerprint density at radius 3 is 2.21 bits per heavy atom. The molecular formula is C38H60N6O7S. The van der Waals surface area contributed by atoms with E-state index in [1.165, 1.54) is 4.90 Å². The Labute approximate surface area is 309 Å². The molecule has 14 heteroatoms. The quantitative estimate of drug-likeness (QED) is 0.221. The van der Waals surface area contributed by atoms with Gasteiger partial charge >= 0.3 is 6.03 Å². The highest BCUT2D eigenvalue weighted by molar-refractivity contribution is 7.92. The van der Waals surface area contributed by atoms with Crippen molar-refractivity contribution in [3.8, 4) is 0 Å². The standard InChI is InChI=1S/C38H60N6O7S/c1-10-15-26(29(45)32(47)40-21-24-16-14-19-39-20-24)41-31(46)28-27-25(37(27,8)9)22-44(28)33(48)30(35(2,3)4)42-34(49)43-38(17-12-11-13-18-38)23-52(50,51)36(5,6)7/h14,16,19-20,25-28,30H,10-13,15,17-18,21-23H2,1-9H3,(H,40,47)(H,41,46)(H2,42,43,49)/t25-,26?,27-,28-,30+/m0/s1. The molecule has 290 valence electrons. The Kier molecular flexibility index (Phi) is 12.2. The zero-order valence-corrected chi connectivity index (χ0v) is 33.2. The van der Waals surface area contributed by atoms with E-state index in [0.29, 0.717) is 25.8 Å². The summed E-state index contributed by atoms with van der Waals surface area (Å²) < 4.78 is 25.7. The molecule has 1 unspecified atom stereocenters. The Bertz CT molecular complexity index is 1610. The number of rotatable bonds is 13. The van der Waals surface area contributed by atoms with Gasteiger partial charge in [0.05, 0.1) is 22.1 Å². The number of carbonyl (C=O) groups excluding carboxylic acids is 5. The van der Waals surface area contributed by atoms with Crippen LogP contribution < -0.4 is 21.3 Å². The zero-order chi connectivity index (χ0) is 38.9. The second kappa shape index (κ2) is 15.4. The molecule has 0 radical (unpaired) electrons. The van der Waals surface area contributed by atoms with Gasteiger partial charge < -0.3 is 26.2 Å². The van der Waals surface area contributed by atoms with Crippen molar-refractivity contribution in [1.82, 2.24) is 31.2 Å². The number of fused-ring (bicyclic) bond motifs is 1. The van der Waals surface area contributed by atoms with Crippen LogP contribution in [-0.2, 0) is 35.6 Å². The molecule has 2 heterocycles. The number of sulfone groups is 1. The first-order valence-corrected chi connectivity index (χ1v) is 20.3. The fourth-order valence-corrected chi connectivity index (χ4v) is 9.42. The van der Waals surface area contributed by atoms with Gasteiger partial charge in [0.25, 0.3) is 5.91 Å². The van der Waals surface area contributed by atoms with Crippen LogP contribution in [0.2, 0.25) is 0 Å². The van der Waals surface area contributed by atoms with Gasteiger partial charge in [-0.2, -0.15) is 0 Å². The maximum Gasteiger partial charge on any atom is 0.315 e. The highest BCUT2D eigenvalue weighted by Gasteiger charge is 2.70. The van der Waals surface area contributed by atoms with E-state index >= 15 is 0 Å². The number of ketones is 1. The summed E-state index contributed by atoms with van der Waals surface area (Å²) in [5, 5.41) is 11.3. The van der Waals surface area contributed by atoms with Crippen LogP contribution in [0.25, 0.3) is 0 Å². The third-order valence-corrected chi connectivity index (χ3v) is 14.1. The highest BCUT2D eigenvalue weighted by atomic mass is 32.2. The van der Waals surface area contributed by atoms with Crippen LogP contribution in [0.1, 0.15) is 113 Å². The predicted molar refractivity (Wildman–Crippen MR) is 198 cm³/mol. The first-order valence-electron chi connectivity index (χ1n) is 18.7. The molecule has 1 aliphatic heterocycles. The summed E-state index contributed by atoms with van der Waals surface area (Å²) in [5.74, 6) is -2.86. The molecule has 3 fully saturated rings. The lowest BCUT2D eigenvalue weighted by atomic mass is 9.83. The van der Waals surface area contributed by atoms with Crippen molar-refractivity contribution in [2.75, 3.05) is 12.3 Å². The van der Waals surface area contributed by atoms with E-state index in [2.05, 4.69) is 26.3 Å². The van der Waals surface area contributed by atoms with Gasteiger partial charge in [0.15, 0.2) is 9.84 Å². The fraction of sp³-hybridized carbons (Fsp3) is 0.737. The number of pyridine rings is 1. The summed E-state index contributed by atoms with van der Waals surface area (Å²) in [6, 6.07) is -0.162. The number of likely N-dealkylation sites (tertiary alicyclic amines) is 1. The lowest BCUT2D eigenvalue weighted by Crippen LogP contribution is -2.64. The summed E-state index contributed by atoms with van der Waals surface area (Å²) in [6.07, 6.45) is 7.48. The van der Waals surface area contributed by atoms with E-state index in [4.69, 9.17) is 0 Å². The lowest BCUT2D eigenvalue weighted by molar-refractivity contribution is -0.145. The number of piperidine rings is 1. The van der Waals surface area contributed by atoms with Gasteiger partial charge in [-0.05, 0) is 74.3 Å². The van der Waals surface area contributed by atoms with Crippen LogP contribution in [0.15, 0.2) is 24.5 Å². The van der Waals surface area contributed by atoms with Crippen LogP contribution in [0.4, 0.5) is 4.79 Å². The SMILES string of the molecule is CCCC(NC(=O)[C@@H]1[C@@H]2[C@H](CN1C(=O)[C@@H](NC(=O)NC1(CS(=O)(=O)C(C)(C)C)CCCCC1)C(C)(C)C)C2(C)C)C(=O)C(=O)NCc1cccnc1. The minimum absolute atomic E-state index is 0.0397. The normalized spacial score (nSPS) is 23.4. The van der Waals surface area contributed by atoms with Gasteiger partial charge in [-0.15, -0.1) is 0 Å². The smallest absolute Gasteiger partial charge is 0.315 e. The predicted octanol–water partition coefficient (Wildman–Crippen LogP) is 3.66. The maximum atomic E-state index is 14.5. The number of amides is 5. The Morgan fingerprint density at radius 1 is 1.00 bits per heavy atom. The van der Waals surface area contributed by atoms with Gasteiger partial charge in [0.2, 0.25) is 17.6 Å². The maximum absolute atomic E-state index is 14.5. The molecule has 5 amide bonds. The number of hydrogen-bond donors (Lipinski definition) is 4.